The maximum absolute atomic E-state index is 9.04. The quantitative estimate of drug-likeness (QED) is 0.734. The zero-order chi connectivity index (χ0) is 11.0. The third-order valence-corrected chi connectivity index (χ3v) is 4.29. The van der Waals surface area contributed by atoms with Crippen molar-refractivity contribution >= 4 is 0 Å². The van der Waals surface area contributed by atoms with Gasteiger partial charge in [-0.2, -0.15) is 0 Å². The highest BCUT2D eigenvalue weighted by molar-refractivity contribution is 4.96. The number of nitrogens with zero attached hydrogens (tertiary/aromatic N) is 1. The zero-order valence-corrected chi connectivity index (χ0v) is 9.73. The summed E-state index contributed by atoms with van der Waals surface area (Å²) >= 11 is 0. The first kappa shape index (κ1) is 11.0. The van der Waals surface area contributed by atoms with E-state index in [-0.39, 0.29) is 5.60 Å². The SMILES string of the molecule is OCC1CN(C2CCOC3(CCOC3)C2)C1. The normalized spacial score (nSPS) is 41.4. The molecule has 4 nitrogen and oxygen atoms in total. The molecule has 0 aliphatic carbocycles. The Hall–Kier alpha value is -0.160. The molecular weight excluding hydrogens is 206 g/mol. The lowest BCUT2D eigenvalue weighted by molar-refractivity contribution is -0.122. The van der Waals surface area contributed by atoms with Gasteiger partial charge < -0.3 is 14.6 Å². The first-order chi connectivity index (χ1) is 7.81. The fourth-order valence-electron chi connectivity index (χ4n) is 3.20. The molecule has 2 atom stereocenters. The van der Waals surface area contributed by atoms with Crippen LogP contribution in [0.3, 0.4) is 0 Å². The molecule has 3 aliphatic rings. The summed E-state index contributed by atoms with van der Waals surface area (Å²) in [6, 6.07) is 0.651. The lowest BCUT2D eigenvalue weighted by Gasteiger charge is -2.48. The molecule has 0 aromatic carbocycles. The third kappa shape index (κ3) is 1.88. The summed E-state index contributed by atoms with van der Waals surface area (Å²) in [5.74, 6) is 0.513. The van der Waals surface area contributed by atoms with Crippen LogP contribution in [0.1, 0.15) is 19.3 Å². The van der Waals surface area contributed by atoms with Gasteiger partial charge in [-0.15, -0.1) is 0 Å². The van der Waals surface area contributed by atoms with Crippen molar-refractivity contribution in [3.63, 3.8) is 0 Å². The summed E-state index contributed by atoms with van der Waals surface area (Å²) < 4.78 is 11.4. The number of likely N-dealkylation sites (tertiary alicyclic amines) is 1. The predicted molar refractivity (Wildman–Crippen MR) is 59.3 cm³/mol. The highest BCUT2D eigenvalue weighted by Gasteiger charge is 2.44. The summed E-state index contributed by atoms with van der Waals surface area (Å²) in [5.41, 5.74) is 0.0210. The molecular formula is C12H21NO3. The molecule has 16 heavy (non-hydrogen) atoms. The summed E-state index contributed by atoms with van der Waals surface area (Å²) in [4.78, 5) is 2.50. The molecule has 3 fully saturated rings. The summed E-state index contributed by atoms with van der Waals surface area (Å²) in [6.07, 6.45) is 3.31. The summed E-state index contributed by atoms with van der Waals surface area (Å²) in [5, 5.41) is 9.04. The van der Waals surface area contributed by atoms with Gasteiger partial charge in [0.2, 0.25) is 0 Å². The average Bonchev–Trinajstić information content (AvgIpc) is 2.65. The van der Waals surface area contributed by atoms with Crippen LogP contribution >= 0.6 is 0 Å². The third-order valence-electron chi connectivity index (χ3n) is 4.29. The van der Waals surface area contributed by atoms with Crippen LogP contribution in [0.2, 0.25) is 0 Å². The molecule has 0 saturated carbocycles. The Balaban J connectivity index is 1.56. The zero-order valence-electron chi connectivity index (χ0n) is 9.73. The van der Waals surface area contributed by atoms with Gasteiger partial charge in [0.05, 0.1) is 12.2 Å². The van der Waals surface area contributed by atoms with E-state index in [1.54, 1.807) is 0 Å². The lowest BCUT2D eigenvalue weighted by Crippen LogP contribution is -2.57. The topological polar surface area (TPSA) is 41.9 Å². The van der Waals surface area contributed by atoms with E-state index in [0.717, 1.165) is 52.2 Å². The summed E-state index contributed by atoms with van der Waals surface area (Å²) in [6.45, 7) is 4.98. The van der Waals surface area contributed by atoms with Crippen LogP contribution in [0, 0.1) is 5.92 Å². The minimum atomic E-state index is 0.0210. The molecule has 0 radical (unpaired) electrons. The van der Waals surface area contributed by atoms with Crippen molar-refractivity contribution in [3.05, 3.63) is 0 Å². The molecule has 1 spiro atoms. The van der Waals surface area contributed by atoms with E-state index in [2.05, 4.69) is 4.90 Å². The monoisotopic (exact) mass is 227 g/mol. The van der Waals surface area contributed by atoms with E-state index in [9.17, 15) is 0 Å². The molecule has 92 valence electrons. The number of aliphatic hydroxyl groups excluding tert-OH is 1. The number of rotatable bonds is 2. The van der Waals surface area contributed by atoms with E-state index in [4.69, 9.17) is 14.6 Å². The fraction of sp³-hybridized carbons (Fsp3) is 1.00. The lowest BCUT2D eigenvalue weighted by atomic mass is 9.86. The molecule has 1 N–H and O–H groups in total. The van der Waals surface area contributed by atoms with Gasteiger partial charge in [-0.25, -0.2) is 0 Å². The second-order valence-electron chi connectivity index (χ2n) is 5.48. The van der Waals surface area contributed by atoms with Crippen LogP contribution in [-0.4, -0.2) is 61.2 Å². The van der Waals surface area contributed by atoms with Gasteiger partial charge in [-0.05, 0) is 12.8 Å². The van der Waals surface area contributed by atoms with Gasteiger partial charge in [0.1, 0.15) is 0 Å². The largest absolute Gasteiger partial charge is 0.396 e. The molecule has 3 aliphatic heterocycles. The summed E-state index contributed by atoms with van der Waals surface area (Å²) in [7, 11) is 0. The van der Waals surface area contributed by atoms with Gasteiger partial charge in [-0.1, -0.05) is 0 Å². The minimum absolute atomic E-state index is 0.0210. The maximum Gasteiger partial charge on any atom is 0.0951 e. The van der Waals surface area contributed by atoms with Crippen LogP contribution < -0.4 is 0 Å². The van der Waals surface area contributed by atoms with Crippen LogP contribution in [0.25, 0.3) is 0 Å². The number of ether oxygens (including phenoxy) is 2. The molecule has 4 heteroatoms. The van der Waals surface area contributed by atoms with Gasteiger partial charge in [0.25, 0.3) is 0 Å². The van der Waals surface area contributed by atoms with E-state index >= 15 is 0 Å². The first-order valence-corrected chi connectivity index (χ1v) is 6.38. The average molecular weight is 227 g/mol. The van der Waals surface area contributed by atoms with Gasteiger partial charge in [0, 0.05) is 51.3 Å². The van der Waals surface area contributed by atoms with E-state index < -0.39 is 0 Å². The Bertz CT molecular complexity index is 247. The van der Waals surface area contributed by atoms with Crippen molar-refractivity contribution in [1.82, 2.24) is 4.90 Å². The standard InChI is InChI=1S/C12H21NO3/c14-8-10-6-13(7-10)11-1-3-16-12(5-11)2-4-15-9-12/h10-11,14H,1-9H2. The Morgan fingerprint density at radius 1 is 1.31 bits per heavy atom. The molecule has 3 heterocycles. The predicted octanol–water partition coefficient (Wildman–Crippen LogP) is 0.249. The Kier molecular flexibility index (Phi) is 2.92. The van der Waals surface area contributed by atoms with Crippen molar-refractivity contribution in [1.29, 1.82) is 0 Å². The van der Waals surface area contributed by atoms with Gasteiger partial charge in [0.15, 0.2) is 0 Å². The maximum atomic E-state index is 9.04. The molecule has 0 amide bonds. The molecule has 0 aromatic rings. The Morgan fingerprint density at radius 3 is 2.88 bits per heavy atom. The van der Waals surface area contributed by atoms with Crippen LogP contribution in [0.5, 0.6) is 0 Å². The van der Waals surface area contributed by atoms with Gasteiger partial charge >= 0.3 is 0 Å². The smallest absolute Gasteiger partial charge is 0.0951 e. The van der Waals surface area contributed by atoms with Crippen LogP contribution in [0.15, 0.2) is 0 Å². The van der Waals surface area contributed by atoms with Crippen molar-refractivity contribution < 1.29 is 14.6 Å². The van der Waals surface area contributed by atoms with Crippen molar-refractivity contribution in [2.45, 2.75) is 30.9 Å². The number of hydrogen-bond acceptors (Lipinski definition) is 4. The van der Waals surface area contributed by atoms with Gasteiger partial charge in [-0.3, -0.25) is 4.90 Å². The highest BCUT2D eigenvalue weighted by Crippen LogP contribution is 2.36. The molecule has 0 aromatic heterocycles. The molecule has 2 unspecified atom stereocenters. The molecule has 0 bridgehead atoms. The van der Waals surface area contributed by atoms with E-state index in [0.29, 0.717) is 18.6 Å². The Labute approximate surface area is 96.5 Å². The first-order valence-electron chi connectivity index (χ1n) is 6.38. The van der Waals surface area contributed by atoms with Crippen LogP contribution in [-0.2, 0) is 9.47 Å². The second kappa shape index (κ2) is 4.26. The van der Waals surface area contributed by atoms with Crippen molar-refractivity contribution in [3.8, 4) is 0 Å². The Morgan fingerprint density at radius 2 is 2.19 bits per heavy atom. The number of hydrogen-bond donors (Lipinski definition) is 1. The van der Waals surface area contributed by atoms with Crippen molar-refractivity contribution in [2.75, 3.05) is 39.5 Å². The highest BCUT2D eigenvalue weighted by atomic mass is 16.6. The van der Waals surface area contributed by atoms with E-state index in [1.807, 2.05) is 0 Å². The molecule has 3 rings (SSSR count). The van der Waals surface area contributed by atoms with Crippen LogP contribution in [0.4, 0.5) is 0 Å². The second-order valence-corrected chi connectivity index (χ2v) is 5.48. The fourth-order valence-corrected chi connectivity index (χ4v) is 3.20. The van der Waals surface area contributed by atoms with Crippen molar-refractivity contribution in [2.24, 2.45) is 5.92 Å². The number of aliphatic hydroxyl groups is 1. The van der Waals surface area contributed by atoms with E-state index in [1.165, 1.54) is 0 Å². The minimum Gasteiger partial charge on any atom is -0.396 e. The molecule has 3 saturated heterocycles.